The Balaban J connectivity index is 1.60. The second kappa shape index (κ2) is 5.95. The van der Waals surface area contributed by atoms with Crippen molar-refractivity contribution in [2.24, 2.45) is 0 Å². The van der Waals surface area contributed by atoms with Crippen LogP contribution in [0.3, 0.4) is 0 Å². The van der Waals surface area contributed by atoms with Gasteiger partial charge in [-0.1, -0.05) is 6.07 Å². The fourth-order valence-electron chi connectivity index (χ4n) is 2.49. The first-order valence-electron chi connectivity index (χ1n) is 7.18. The van der Waals surface area contributed by atoms with Gasteiger partial charge in [0.25, 0.3) is 0 Å². The average Bonchev–Trinajstić information content (AvgIpc) is 3.02. The summed E-state index contributed by atoms with van der Waals surface area (Å²) in [6, 6.07) is 8.96. The predicted octanol–water partition coefficient (Wildman–Crippen LogP) is 3.29. The summed E-state index contributed by atoms with van der Waals surface area (Å²) in [5.74, 6) is 0. The van der Waals surface area contributed by atoms with E-state index in [2.05, 4.69) is 58.2 Å². The molecule has 5 heteroatoms. The monoisotopic (exact) mass is 300 g/mol. The fraction of sp³-hybridized carbons (Fsp3) is 0.375. The van der Waals surface area contributed by atoms with Crippen LogP contribution in [0.25, 0.3) is 10.2 Å². The molecule has 0 bridgehead atoms. The molecule has 110 valence electrons. The largest absolute Gasteiger partial charge is 0.308 e. The number of rotatable bonds is 5. The van der Waals surface area contributed by atoms with Gasteiger partial charge in [0.2, 0.25) is 0 Å². The molecule has 2 aromatic heterocycles. The molecule has 0 aliphatic rings. The van der Waals surface area contributed by atoms with E-state index in [0.717, 1.165) is 24.3 Å². The lowest BCUT2D eigenvalue weighted by atomic mass is 10.2. The molecular weight excluding hydrogens is 280 g/mol. The van der Waals surface area contributed by atoms with Gasteiger partial charge < -0.3 is 5.32 Å². The van der Waals surface area contributed by atoms with Crippen molar-refractivity contribution in [3.05, 3.63) is 46.7 Å². The zero-order valence-corrected chi connectivity index (χ0v) is 13.4. The first-order chi connectivity index (χ1) is 10.1. The van der Waals surface area contributed by atoms with E-state index in [1.165, 1.54) is 16.0 Å². The van der Waals surface area contributed by atoms with Crippen LogP contribution in [0.1, 0.15) is 23.9 Å². The highest BCUT2D eigenvalue weighted by molar-refractivity contribution is 7.16. The lowest BCUT2D eigenvalue weighted by Crippen LogP contribution is -2.30. The number of aromatic nitrogens is 3. The van der Waals surface area contributed by atoms with Crippen molar-refractivity contribution in [2.45, 2.75) is 39.9 Å². The van der Waals surface area contributed by atoms with Crippen molar-refractivity contribution < 1.29 is 0 Å². The van der Waals surface area contributed by atoms with Crippen molar-refractivity contribution in [3.63, 3.8) is 0 Å². The van der Waals surface area contributed by atoms with Crippen molar-refractivity contribution >= 4 is 21.6 Å². The van der Waals surface area contributed by atoms with Gasteiger partial charge in [-0.25, -0.2) is 4.98 Å². The first kappa shape index (κ1) is 14.2. The van der Waals surface area contributed by atoms with Gasteiger partial charge in [0.1, 0.15) is 0 Å². The maximum atomic E-state index is 4.51. The Bertz CT molecular complexity index is 744. The summed E-state index contributed by atoms with van der Waals surface area (Å²) >= 11 is 1.68. The third kappa shape index (κ3) is 3.31. The van der Waals surface area contributed by atoms with Crippen LogP contribution < -0.4 is 5.32 Å². The molecule has 3 aromatic rings. The van der Waals surface area contributed by atoms with E-state index in [0.29, 0.717) is 6.04 Å². The molecular formula is C16H20N4S. The molecule has 0 saturated carbocycles. The fourth-order valence-corrected chi connectivity index (χ4v) is 3.15. The van der Waals surface area contributed by atoms with E-state index in [1.54, 1.807) is 11.3 Å². The van der Waals surface area contributed by atoms with E-state index in [1.807, 2.05) is 12.4 Å². The summed E-state index contributed by atoms with van der Waals surface area (Å²) in [4.78, 5) is 4.37. The SMILES string of the molecule is Cc1cc(C)n(CC(C)NCc2ccc3scnc3c2)n1. The molecule has 0 saturated heterocycles. The van der Waals surface area contributed by atoms with E-state index >= 15 is 0 Å². The number of nitrogens with one attached hydrogen (secondary N) is 1. The Labute approximate surface area is 128 Å². The molecule has 21 heavy (non-hydrogen) atoms. The molecule has 1 atom stereocenters. The normalized spacial score (nSPS) is 12.9. The topological polar surface area (TPSA) is 42.7 Å². The van der Waals surface area contributed by atoms with Crippen LogP contribution in [0, 0.1) is 13.8 Å². The summed E-state index contributed by atoms with van der Waals surface area (Å²) < 4.78 is 3.31. The van der Waals surface area contributed by atoms with Gasteiger partial charge in [-0.2, -0.15) is 5.10 Å². The summed E-state index contributed by atoms with van der Waals surface area (Å²) in [6.45, 7) is 8.07. The molecule has 0 spiro atoms. The Morgan fingerprint density at radius 2 is 2.14 bits per heavy atom. The van der Waals surface area contributed by atoms with E-state index in [-0.39, 0.29) is 0 Å². The molecule has 0 amide bonds. The van der Waals surface area contributed by atoms with Crippen LogP contribution in [0.5, 0.6) is 0 Å². The Morgan fingerprint density at radius 3 is 2.90 bits per heavy atom. The van der Waals surface area contributed by atoms with Crippen molar-refractivity contribution in [1.82, 2.24) is 20.1 Å². The maximum Gasteiger partial charge on any atom is 0.0815 e. The van der Waals surface area contributed by atoms with Crippen LogP contribution in [-0.2, 0) is 13.1 Å². The van der Waals surface area contributed by atoms with Gasteiger partial charge in [0, 0.05) is 18.3 Å². The van der Waals surface area contributed by atoms with Crippen LogP contribution in [0.15, 0.2) is 29.8 Å². The molecule has 0 fully saturated rings. The van der Waals surface area contributed by atoms with E-state index in [4.69, 9.17) is 0 Å². The van der Waals surface area contributed by atoms with Crippen LogP contribution in [0.2, 0.25) is 0 Å². The average molecular weight is 300 g/mol. The van der Waals surface area contributed by atoms with Gasteiger partial charge >= 0.3 is 0 Å². The minimum Gasteiger partial charge on any atom is -0.308 e. The number of thiazole rings is 1. The molecule has 0 aliphatic carbocycles. The summed E-state index contributed by atoms with van der Waals surface area (Å²) in [7, 11) is 0. The van der Waals surface area contributed by atoms with E-state index < -0.39 is 0 Å². The molecule has 1 unspecified atom stereocenters. The number of benzene rings is 1. The first-order valence-corrected chi connectivity index (χ1v) is 8.06. The molecule has 2 heterocycles. The second-order valence-corrected chi connectivity index (χ2v) is 6.43. The van der Waals surface area contributed by atoms with Gasteiger partial charge in [0.15, 0.2) is 0 Å². The smallest absolute Gasteiger partial charge is 0.0815 e. The quantitative estimate of drug-likeness (QED) is 0.786. The maximum absolute atomic E-state index is 4.51. The summed E-state index contributed by atoms with van der Waals surface area (Å²) in [6.07, 6.45) is 0. The van der Waals surface area contributed by atoms with Crippen LogP contribution in [-0.4, -0.2) is 20.8 Å². The highest BCUT2D eigenvalue weighted by atomic mass is 32.1. The van der Waals surface area contributed by atoms with Crippen molar-refractivity contribution in [2.75, 3.05) is 0 Å². The molecule has 1 N–H and O–H groups in total. The minimum absolute atomic E-state index is 0.370. The Morgan fingerprint density at radius 1 is 1.29 bits per heavy atom. The number of hydrogen-bond acceptors (Lipinski definition) is 4. The van der Waals surface area contributed by atoms with Crippen molar-refractivity contribution in [1.29, 1.82) is 0 Å². The molecule has 3 rings (SSSR count). The van der Waals surface area contributed by atoms with Gasteiger partial charge in [-0.3, -0.25) is 4.68 Å². The lowest BCUT2D eigenvalue weighted by molar-refractivity contribution is 0.444. The molecule has 0 aliphatic heterocycles. The summed E-state index contributed by atoms with van der Waals surface area (Å²) in [5, 5.41) is 8.06. The summed E-state index contributed by atoms with van der Waals surface area (Å²) in [5.41, 5.74) is 6.55. The van der Waals surface area contributed by atoms with Crippen molar-refractivity contribution in [3.8, 4) is 0 Å². The molecule has 4 nitrogen and oxygen atoms in total. The zero-order valence-electron chi connectivity index (χ0n) is 12.6. The van der Waals surface area contributed by atoms with Crippen LogP contribution in [0.4, 0.5) is 0 Å². The number of nitrogens with zero attached hydrogens (tertiary/aromatic N) is 3. The molecule has 0 radical (unpaired) electrons. The predicted molar refractivity (Wildman–Crippen MR) is 87.6 cm³/mol. The van der Waals surface area contributed by atoms with Crippen LogP contribution >= 0.6 is 11.3 Å². The third-order valence-electron chi connectivity index (χ3n) is 3.60. The number of fused-ring (bicyclic) bond motifs is 1. The Kier molecular flexibility index (Phi) is 4.03. The van der Waals surface area contributed by atoms with Gasteiger partial charge in [-0.15, -0.1) is 11.3 Å². The second-order valence-electron chi connectivity index (χ2n) is 5.55. The highest BCUT2D eigenvalue weighted by Gasteiger charge is 2.07. The molecule has 1 aromatic carbocycles. The van der Waals surface area contributed by atoms with Gasteiger partial charge in [-0.05, 0) is 44.5 Å². The highest BCUT2D eigenvalue weighted by Crippen LogP contribution is 2.18. The Hall–Kier alpha value is -1.72. The standard InChI is InChI=1S/C16H20N4S/c1-11-6-13(3)20(19-11)9-12(2)17-8-14-4-5-16-15(7-14)18-10-21-16/h4-7,10,12,17H,8-9H2,1-3H3. The zero-order chi connectivity index (χ0) is 14.8. The minimum atomic E-state index is 0.370. The van der Waals surface area contributed by atoms with Gasteiger partial charge in [0.05, 0.1) is 28.0 Å². The number of hydrogen-bond donors (Lipinski definition) is 1. The van der Waals surface area contributed by atoms with E-state index in [9.17, 15) is 0 Å². The third-order valence-corrected chi connectivity index (χ3v) is 4.41. The lowest BCUT2D eigenvalue weighted by Gasteiger charge is -2.15. The number of aryl methyl sites for hydroxylation is 2.